The molecule has 0 N–H and O–H groups in total. The van der Waals surface area contributed by atoms with Gasteiger partial charge in [-0.25, -0.2) is 4.68 Å². The number of nitrogens with zero attached hydrogens (tertiary/aromatic N) is 4. The van der Waals surface area contributed by atoms with Gasteiger partial charge in [-0.05, 0) is 47.4 Å². The molecule has 3 heterocycles. The predicted octanol–water partition coefficient (Wildman–Crippen LogP) is 3.15. The first kappa shape index (κ1) is 16.9. The van der Waals surface area contributed by atoms with Crippen LogP contribution in [0.15, 0.2) is 53.4 Å². The third-order valence-electron chi connectivity index (χ3n) is 4.42. The molecule has 134 valence electrons. The molecule has 0 radical (unpaired) electrons. The molecule has 2 aromatic heterocycles. The fraction of sp³-hybridized carbons (Fsp3) is 0.316. The number of amides is 1. The fourth-order valence-corrected chi connectivity index (χ4v) is 3.75. The van der Waals surface area contributed by atoms with Crippen molar-refractivity contribution in [2.24, 2.45) is 0 Å². The quantitative estimate of drug-likeness (QED) is 0.671. The van der Waals surface area contributed by atoms with Crippen molar-refractivity contribution >= 4 is 17.2 Å². The molecule has 1 aromatic carbocycles. The summed E-state index contributed by atoms with van der Waals surface area (Å²) in [5.74, 6) is -0.117. The number of aromatic nitrogens is 3. The lowest BCUT2D eigenvalue weighted by Gasteiger charge is -2.24. The Labute approximate surface area is 156 Å². The van der Waals surface area contributed by atoms with Gasteiger partial charge in [0, 0.05) is 19.7 Å². The minimum Gasteiger partial charge on any atom is -0.376 e. The number of para-hydroxylation sites is 1. The van der Waals surface area contributed by atoms with Crippen LogP contribution in [0.2, 0.25) is 0 Å². The molecule has 1 fully saturated rings. The molecule has 0 aliphatic carbocycles. The van der Waals surface area contributed by atoms with Crippen LogP contribution in [-0.4, -0.2) is 45.1 Å². The SMILES string of the molecule is O=C(c1cn(-c2ccccc2)nn1)N(Cc1ccsc1)C[C@@H]1CCCO1. The monoisotopic (exact) mass is 368 g/mol. The standard InChI is InChI=1S/C19H20N4O2S/c24-19(18-13-23(21-20-18)16-5-2-1-3-6-16)22(11-15-8-10-26-14-15)12-17-7-4-9-25-17/h1-3,5-6,8,10,13-14,17H,4,7,9,11-12H2/t17-/m0/s1. The zero-order valence-corrected chi connectivity index (χ0v) is 15.1. The molecule has 0 saturated carbocycles. The topological polar surface area (TPSA) is 60.2 Å². The number of rotatable bonds is 6. The first-order valence-corrected chi connectivity index (χ1v) is 9.63. The van der Waals surface area contributed by atoms with Gasteiger partial charge in [-0.2, -0.15) is 11.3 Å². The predicted molar refractivity (Wildman–Crippen MR) is 99.4 cm³/mol. The maximum atomic E-state index is 13.1. The number of benzene rings is 1. The molecule has 1 atom stereocenters. The van der Waals surface area contributed by atoms with E-state index in [2.05, 4.69) is 15.7 Å². The lowest BCUT2D eigenvalue weighted by Crippen LogP contribution is -2.37. The van der Waals surface area contributed by atoms with Crippen LogP contribution >= 0.6 is 11.3 Å². The molecule has 1 aliphatic heterocycles. The number of thiophene rings is 1. The van der Waals surface area contributed by atoms with Gasteiger partial charge in [0.05, 0.1) is 18.0 Å². The summed E-state index contributed by atoms with van der Waals surface area (Å²) in [7, 11) is 0. The average Bonchev–Trinajstić information content (AvgIpc) is 3.44. The first-order valence-electron chi connectivity index (χ1n) is 8.69. The maximum Gasteiger partial charge on any atom is 0.276 e. The van der Waals surface area contributed by atoms with Crippen LogP contribution in [-0.2, 0) is 11.3 Å². The van der Waals surface area contributed by atoms with E-state index in [0.29, 0.717) is 18.8 Å². The van der Waals surface area contributed by atoms with Gasteiger partial charge in [0.15, 0.2) is 5.69 Å². The molecule has 0 unspecified atom stereocenters. The van der Waals surface area contributed by atoms with Crippen molar-refractivity contribution in [1.82, 2.24) is 19.9 Å². The molecular formula is C19H20N4O2S. The largest absolute Gasteiger partial charge is 0.376 e. The van der Waals surface area contributed by atoms with E-state index in [9.17, 15) is 4.79 Å². The smallest absolute Gasteiger partial charge is 0.276 e. The van der Waals surface area contributed by atoms with Gasteiger partial charge in [-0.3, -0.25) is 4.79 Å². The Morgan fingerprint density at radius 2 is 2.19 bits per heavy atom. The Hall–Kier alpha value is -2.51. The van der Waals surface area contributed by atoms with Crippen LogP contribution in [0.4, 0.5) is 0 Å². The second-order valence-electron chi connectivity index (χ2n) is 6.34. The minimum absolute atomic E-state index is 0.0988. The highest BCUT2D eigenvalue weighted by atomic mass is 32.1. The van der Waals surface area contributed by atoms with Crippen molar-refractivity contribution < 1.29 is 9.53 Å². The van der Waals surface area contributed by atoms with Gasteiger partial charge in [-0.15, -0.1) is 5.10 Å². The van der Waals surface area contributed by atoms with Crippen molar-refractivity contribution in [1.29, 1.82) is 0 Å². The summed E-state index contributed by atoms with van der Waals surface area (Å²) in [6.07, 6.45) is 3.83. The Morgan fingerprint density at radius 3 is 2.92 bits per heavy atom. The number of hydrogen-bond acceptors (Lipinski definition) is 5. The van der Waals surface area contributed by atoms with E-state index in [0.717, 1.165) is 30.7 Å². The van der Waals surface area contributed by atoms with Gasteiger partial charge in [0.2, 0.25) is 0 Å². The Bertz CT molecular complexity index is 842. The molecule has 1 amide bonds. The molecule has 3 aromatic rings. The van der Waals surface area contributed by atoms with Crippen molar-refractivity contribution in [2.45, 2.75) is 25.5 Å². The number of carbonyl (C=O) groups excluding carboxylic acids is 1. The van der Waals surface area contributed by atoms with Gasteiger partial charge >= 0.3 is 0 Å². The number of hydrogen-bond donors (Lipinski definition) is 0. The Morgan fingerprint density at radius 1 is 1.31 bits per heavy atom. The molecule has 7 heteroatoms. The second kappa shape index (κ2) is 7.80. The molecule has 0 bridgehead atoms. The normalized spacial score (nSPS) is 16.7. The molecule has 1 saturated heterocycles. The van der Waals surface area contributed by atoms with E-state index in [4.69, 9.17) is 4.74 Å². The lowest BCUT2D eigenvalue weighted by molar-refractivity contribution is 0.0503. The molecule has 0 spiro atoms. The van der Waals surface area contributed by atoms with Crippen LogP contribution in [0.25, 0.3) is 5.69 Å². The highest BCUT2D eigenvalue weighted by molar-refractivity contribution is 7.07. The van der Waals surface area contributed by atoms with E-state index in [1.54, 1.807) is 22.2 Å². The summed E-state index contributed by atoms with van der Waals surface area (Å²) in [6.45, 7) is 1.91. The van der Waals surface area contributed by atoms with E-state index < -0.39 is 0 Å². The first-order chi connectivity index (χ1) is 12.8. The fourth-order valence-electron chi connectivity index (χ4n) is 3.09. The zero-order valence-electron chi connectivity index (χ0n) is 14.3. The highest BCUT2D eigenvalue weighted by Gasteiger charge is 2.25. The van der Waals surface area contributed by atoms with Gasteiger partial charge < -0.3 is 9.64 Å². The minimum atomic E-state index is -0.117. The molecular weight excluding hydrogens is 348 g/mol. The van der Waals surface area contributed by atoms with E-state index in [-0.39, 0.29) is 12.0 Å². The van der Waals surface area contributed by atoms with Crippen LogP contribution < -0.4 is 0 Å². The van der Waals surface area contributed by atoms with Crippen LogP contribution in [0.1, 0.15) is 28.9 Å². The summed E-state index contributed by atoms with van der Waals surface area (Å²) in [6, 6.07) is 11.7. The van der Waals surface area contributed by atoms with Gasteiger partial charge in [0.25, 0.3) is 5.91 Å². The van der Waals surface area contributed by atoms with E-state index in [1.807, 2.05) is 46.7 Å². The summed E-state index contributed by atoms with van der Waals surface area (Å²) in [5.41, 5.74) is 2.35. The molecule has 6 nitrogen and oxygen atoms in total. The summed E-state index contributed by atoms with van der Waals surface area (Å²) in [5, 5.41) is 12.3. The summed E-state index contributed by atoms with van der Waals surface area (Å²) >= 11 is 1.63. The highest BCUT2D eigenvalue weighted by Crippen LogP contribution is 2.18. The second-order valence-corrected chi connectivity index (χ2v) is 7.12. The van der Waals surface area contributed by atoms with Crippen molar-refractivity contribution in [3.8, 4) is 5.69 Å². The summed E-state index contributed by atoms with van der Waals surface area (Å²) < 4.78 is 7.36. The number of carbonyl (C=O) groups is 1. The van der Waals surface area contributed by atoms with E-state index in [1.165, 1.54) is 0 Å². The van der Waals surface area contributed by atoms with Gasteiger partial charge in [-0.1, -0.05) is 23.4 Å². The number of ether oxygens (including phenoxy) is 1. The molecule has 4 rings (SSSR count). The molecule has 26 heavy (non-hydrogen) atoms. The Balaban J connectivity index is 1.54. The Kier molecular flexibility index (Phi) is 5.08. The van der Waals surface area contributed by atoms with Crippen LogP contribution in [0.3, 0.4) is 0 Å². The van der Waals surface area contributed by atoms with Crippen molar-refractivity contribution in [2.75, 3.05) is 13.2 Å². The van der Waals surface area contributed by atoms with Crippen LogP contribution in [0.5, 0.6) is 0 Å². The zero-order chi connectivity index (χ0) is 17.8. The average molecular weight is 368 g/mol. The van der Waals surface area contributed by atoms with E-state index >= 15 is 0 Å². The third kappa shape index (κ3) is 3.84. The van der Waals surface area contributed by atoms with Crippen molar-refractivity contribution in [3.05, 3.63) is 64.6 Å². The summed E-state index contributed by atoms with van der Waals surface area (Å²) in [4.78, 5) is 14.9. The maximum absolute atomic E-state index is 13.1. The molecule has 1 aliphatic rings. The third-order valence-corrected chi connectivity index (χ3v) is 5.15. The van der Waals surface area contributed by atoms with Gasteiger partial charge in [0.1, 0.15) is 0 Å². The van der Waals surface area contributed by atoms with Crippen LogP contribution in [0, 0.1) is 0 Å². The lowest BCUT2D eigenvalue weighted by atomic mass is 10.2. The van der Waals surface area contributed by atoms with Crippen molar-refractivity contribution in [3.63, 3.8) is 0 Å².